The zero-order valence-electron chi connectivity index (χ0n) is 6.74. The zero-order chi connectivity index (χ0) is 8.27. The van der Waals surface area contributed by atoms with Crippen LogP contribution >= 0.6 is 11.3 Å². The highest BCUT2D eigenvalue weighted by Gasteiger charge is 2.04. The Balaban J connectivity index is 2.60. The maximum absolute atomic E-state index is 5.43. The summed E-state index contributed by atoms with van der Waals surface area (Å²) in [6.45, 7) is 3.12. The van der Waals surface area contributed by atoms with Gasteiger partial charge in [-0.15, -0.1) is 10.2 Å². The number of rotatable bonds is 3. The fourth-order valence-electron chi connectivity index (χ4n) is 0.812. The number of nitrogen functional groups attached to an aromatic ring is 1. The second kappa shape index (κ2) is 3.52. The lowest BCUT2D eigenvalue weighted by Crippen LogP contribution is -2.17. The first-order valence-electron chi connectivity index (χ1n) is 3.54. The predicted octanol–water partition coefficient (Wildman–Crippen LogP) is 0.967. The topological polar surface area (TPSA) is 55.0 Å². The van der Waals surface area contributed by atoms with Crippen LogP contribution in [0.3, 0.4) is 0 Å². The van der Waals surface area contributed by atoms with Crippen molar-refractivity contribution in [3.63, 3.8) is 0 Å². The second-order valence-electron chi connectivity index (χ2n) is 2.34. The molecule has 0 aliphatic rings. The lowest BCUT2D eigenvalue weighted by atomic mass is 10.5. The van der Waals surface area contributed by atoms with Gasteiger partial charge in [-0.05, 0) is 6.42 Å². The molecular formula is C6H12N4S. The molecular weight excluding hydrogens is 160 g/mol. The van der Waals surface area contributed by atoms with Gasteiger partial charge in [0.1, 0.15) is 0 Å². The Morgan fingerprint density at radius 3 is 2.73 bits per heavy atom. The minimum atomic E-state index is 0.531. The maximum atomic E-state index is 5.43. The van der Waals surface area contributed by atoms with E-state index in [4.69, 9.17) is 5.73 Å². The third kappa shape index (κ3) is 2.04. The number of hydrogen-bond donors (Lipinski definition) is 1. The minimum absolute atomic E-state index is 0.531. The number of nitrogens with zero attached hydrogens (tertiary/aromatic N) is 3. The van der Waals surface area contributed by atoms with Crippen LogP contribution in [0.2, 0.25) is 0 Å². The molecule has 0 radical (unpaired) electrons. The van der Waals surface area contributed by atoms with Crippen molar-refractivity contribution in [1.82, 2.24) is 10.2 Å². The van der Waals surface area contributed by atoms with Crippen molar-refractivity contribution in [3.8, 4) is 0 Å². The van der Waals surface area contributed by atoms with Gasteiger partial charge in [0.15, 0.2) is 0 Å². The van der Waals surface area contributed by atoms with Crippen LogP contribution in [0.1, 0.15) is 13.3 Å². The summed E-state index contributed by atoms with van der Waals surface area (Å²) in [5.74, 6) is 0. The van der Waals surface area contributed by atoms with E-state index in [1.54, 1.807) is 0 Å². The van der Waals surface area contributed by atoms with E-state index >= 15 is 0 Å². The Labute approximate surface area is 70.0 Å². The van der Waals surface area contributed by atoms with Crippen molar-refractivity contribution in [2.75, 3.05) is 24.2 Å². The van der Waals surface area contributed by atoms with E-state index in [-0.39, 0.29) is 0 Å². The molecule has 1 aromatic rings. The van der Waals surface area contributed by atoms with Gasteiger partial charge < -0.3 is 10.6 Å². The lowest BCUT2D eigenvalue weighted by Gasteiger charge is -2.12. The van der Waals surface area contributed by atoms with E-state index in [9.17, 15) is 0 Å². The lowest BCUT2D eigenvalue weighted by molar-refractivity contribution is 0.838. The first kappa shape index (κ1) is 8.26. The summed E-state index contributed by atoms with van der Waals surface area (Å²) < 4.78 is 0. The molecule has 0 aromatic carbocycles. The molecule has 2 N–H and O–H groups in total. The van der Waals surface area contributed by atoms with Gasteiger partial charge in [0, 0.05) is 13.6 Å². The van der Waals surface area contributed by atoms with E-state index in [1.165, 1.54) is 11.3 Å². The Kier molecular flexibility index (Phi) is 2.64. The zero-order valence-corrected chi connectivity index (χ0v) is 7.56. The van der Waals surface area contributed by atoms with Gasteiger partial charge in [0.25, 0.3) is 0 Å². The fraction of sp³-hybridized carbons (Fsp3) is 0.667. The van der Waals surface area contributed by atoms with Crippen molar-refractivity contribution in [3.05, 3.63) is 0 Å². The summed E-state index contributed by atoms with van der Waals surface area (Å²) >= 11 is 1.42. The van der Waals surface area contributed by atoms with Crippen LogP contribution < -0.4 is 10.6 Å². The molecule has 1 aromatic heterocycles. The summed E-state index contributed by atoms with van der Waals surface area (Å²) in [6.07, 6.45) is 1.11. The van der Waals surface area contributed by atoms with Crippen LogP contribution in [0.15, 0.2) is 0 Å². The van der Waals surface area contributed by atoms with Gasteiger partial charge in [0.05, 0.1) is 0 Å². The average molecular weight is 172 g/mol. The van der Waals surface area contributed by atoms with E-state index in [0.717, 1.165) is 18.1 Å². The van der Waals surface area contributed by atoms with E-state index in [0.29, 0.717) is 5.13 Å². The molecule has 0 saturated carbocycles. The third-order valence-electron chi connectivity index (χ3n) is 1.32. The molecule has 0 amide bonds. The van der Waals surface area contributed by atoms with E-state index in [1.807, 2.05) is 11.9 Å². The molecule has 0 aliphatic heterocycles. The van der Waals surface area contributed by atoms with Crippen LogP contribution in [-0.2, 0) is 0 Å². The summed E-state index contributed by atoms with van der Waals surface area (Å²) in [6, 6.07) is 0. The van der Waals surface area contributed by atoms with Crippen LogP contribution in [0.4, 0.5) is 10.3 Å². The predicted molar refractivity (Wildman–Crippen MR) is 47.9 cm³/mol. The van der Waals surface area contributed by atoms with Crippen LogP contribution in [0.25, 0.3) is 0 Å². The summed E-state index contributed by atoms with van der Waals surface area (Å²) in [4.78, 5) is 2.05. The van der Waals surface area contributed by atoms with Crippen LogP contribution in [-0.4, -0.2) is 23.8 Å². The highest BCUT2D eigenvalue weighted by atomic mass is 32.1. The highest BCUT2D eigenvalue weighted by molar-refractivity contribution is 7.18. The quantitative estimate of drug-likeness (QED) is 0.738. The van der Waals surface area contributed by atoms with Crippen molar-refractivity contribution < 1.29 is 0 Å². The molecule has 0 saturated heterocycles. The fourth-order valence-corrected chi connectivity index (χ4v) is 1.41. The SMILES string of the molecule is CCCN(C)c1nnc(N)s1. The molecule has 0 spiro atoms. The first-order valence-corrected chi connectivity index (χ1v) is 4.35. The second-order valence-corrected chi connectivity index (χ2v) is 3.33. The van der Waals surface area contributed by atoms with E-state index < -0.39 is 0 Å². The van der Waals surface area contributed by atoms with Crippen molar-refractivity contribution >= 4 is 21.6 Å². The van der Waals surface area contributed by atoms with Crippen molar-refractivity contribution in [1.29, 1.82) is 0 Å². The molecule has 0 aliphatic carbocycles. The number of aromatic nitrogens is 2. The normalized spacial score (nSPS) is 10.0. The molecule has 1 heterocycles. The van der Waals surface area contributed by atoms with Gasteiger partial charge in [-0.25, -0.2) is 0 Å². The van der Waals surface area contributed by atoms with Gasteiger partial charge in [-0.1, -0.05) is 18.3 Å². The smallest absolute Gasteiger partial charge is 0.209 e. The van der Waals surface area contributed by atoms with Crippen LogP contribution in [0, 0.1) is 0 Å². The minimum Gasteiger partial charge on any atom is -0.374 e. The Morgan fingerprint density at radius 1 is 1.55 bits per heavy atom. The first-order chi connectivity index (χ1) is 5.24. The largest absolute Gasteiger partial charge is 0.374 e. The number of hydrogen-bond acceptors (Lipinski definition) is 5. The Hall–Kier alpha value is -0.840. The molecule has 0 atom stereocenters. The Morgan fingerprint density at radius 2 is 2.27 bits per heavy atom. The number of anilines is 2. The molecule has 11 heavy (non-hydrogen) atoms. The summed E-state index contributed by atoms with van der Waals surface area (Å²) in [5.41, 5.74) is 5.43. The molecule has 0 unspecified atom stereocenters. The van der Waals surface area contributed by atoms with Gasteiger partial charge >= 0.3 is 0 Å². The molecule has 1 rings (SSSR count). The third-order valence-corrected chi connectivity index (χ3v) is 2.18. The van der Waals surface area contributed by atoms with Crippen LogP contribution in [0.5, 0.6) is 0 Å². The molecule has 62 valence electrons. The standard InChI is InChI=1S/C6H12N4S/c1-3-4-10(2)6-9-8-5(7)11-6/h3-4H2,1-2H3,(H2,7,8). The monoisotopic (exact) mass is 172 g/mol. The molecule has 4 nitrogen and oxygen atoms in total. The summed E-state index contributed by atoms with van der Waals surface area (Å²) in [7, 11) is 1.99. The maximum Gasteiger partial charge on any atom is 0.209 e. The number of nitrogens with two attached hydrogens (primary N) is 1. The Bertz CT molecular complexity index is 222. The highest BCUT2D eigenvalue weighted by Crippen LogP contribution is 2.19. The van der Waals surface area contributed by atoms with Gasteiger partial charge in [-0.2, -0.15) is 0 Å². The molecule has 0 fully saturated rings. The van der Waals surface area contributed by atoms with Gasteiger partial charge in [0.2, 0.25) is 10.3 Å². The van der Waals surface area contributed by atoms with E-state index in [2.05, 4.69) is 17.1 Å². The molecule has 0 bridgehead atoms. The summed E-state index contributed by atoms with van der Waals surface area (Å²) in [5, 5.41) is 9.05. The van der Waals surface area contributed by atoms with Crippen molar-refractivity contribution in [2.24, 2.45) is 0 Å². The van der Waals surface area contributed by atoms with Crippen molar-refractivity contribution in [2.45, 2.75) is 13.3 Å². The molecule has 5 heteroatoms. The van der Waals surface area contributed by atoms with Gasteiger partial charge in [-0.3, -0.25) is 0 Å². The average Bonchev–Trinajstić information content (AvgIpc) is 2.36.